The van der Waals surface area contributed by atoms with E-state index in [2.05, 4.69) is 27.2 Å². The smallest absolute Gasteiger partial charge is 0.308 e. The predicted molar refractivity (Wildman–Crippen MR) is 138 cm³/mol. The van der Waals surface area contributed by atoms with Crippen LogP contribution in [0.15, 0.2) is 65.3 Å². The van der Waals surface area contributed by atoms with Gasteiger partial charge in [0.05, 0.1) is 22.7 Å². The zero-order valence-corrected chi connectivity index (χ0v) is 20.2. The Hall–Kier alpha value is -5.01. The van der Waals surface area contributed by atoms with E-state index in [1.807, 2.05) is 24.3 Å². The summed E-state index contributed by atoms with van der Waals surface area (Å²) < 4.78 is 5.62. The van der Waals surface area contributed by atoms with Crippen LogP contribution in [0.5, 0.6) is 0 Å². The van der Waals surface area contributed by atoms with Crippen LogP contribution in [-0.2, 0) is 4.79 Å². The Labute approximate surface area is 217 Å². The number of aromatic nitrogens is 2. The van der Waals surface area contributed by atoms with E-state index < -0.39 is 17.8 Å². The van der Waals surface area contributed by atoms with Gasteiger partial charge < -0.3 is 14.4 Å². The SMILES string of the molecule is NNC(=O)c1cc(-c2ccc(C#Cc3ccc(C(=O)N4CCCC(C(=O)O)C4)o3)cc2)nc2ccncc12. The Morgan fingerprint density at radius 1 is 1.11 bits per heavy atom. The largest absolute Gasteiger partial charge is 0.481 e. The molecule has 0 radical (unpaired) electrons. The maximum Gasteiger partial charge on any atom is 0.308 e. The number of pyridine rings is 2. The van der Waals surface area contributed by atoms with E-state index in [-0.39, 0.29) is 18.2 Å². The molecule has 0 spiro atoms. The van der Waals surface area contributed by atoms with Gasteiger partial charge in [0.15, 0.2) is 11.5 Å². The number of nitrogens with two attached hydrogens (primary N) is 1. The number of aliphatic carboxylic acids is 1. The highest BCUT2D eigenvalue weighted by atomic mass is 16.4. The molecule has 0 aliphatic carbocycles. The Kier molecular flexibility index (Phi) is 6.84. The number of benzene rings is 1. The summed E-state index contributed by atoms with van der Waals surface area (Å²) in [6, 6.07) is 13.9. The molecule has 10 heteroatoms. The lowest BCUT2D eigenvalue weighted by Gasteiger charge is -2.29. The first-order valence-electron chi connectivity index (χ1n) is 11.9. The van der Waals surface area contributed by atoms with Crippen LogP contribution >= 0.6 is 0 Å². The van der Waals surface area contributed by atoms with E-state index in [1.165, 1.54) is 4.90 Å². The lowest BCUT2D eigenvalue weighted by atomic mass is 9.98. The number of carbonyl (C=O) groups excluding carboxylic acids is 2. The van der Waals surface area contributed by atoms with E-state index in [0.717, 1.165) is 5.56 Å². The average Bonchev–Trinajstić information content (AvgIpc) is 3.44. The molecule has 0 bridgehead atoms. The second kappa shape index (κ2) is 10.5. The first kappa shape index (κ1) is 24.7. The normalized spacial score (nSPS) is 15.0. The number of nitrogen functional groups attached to an aromatic ring is 1. The Balaban J connectivity index is 1.32. The van der Waals surface area contributed by atoms with Crippen molar-refractivity contribution in [3.8, 4) is 23.1 Å². The summed E-state index contributed by atoms with van der Waals surface area (Å²) in [5.41, 5.74) is 5.24. The molecule has 4 N–H and O–H groups in total. The van der Waals surface area contributed by atoms with Gasteiger partial charge in [0.25, 0.3) is 11.8 Å². The molecule has 190 valence electrons. The van der Waals surface area contributed by atoms with E-state index in [4.69, 9.17) is 10.3 Å². The van der Waals surface area contributed by atoms with Crippen LogP contribution in [0, 0.1) is 17.8 Å². The number of fused-ring (bicyclic) bond motifs is 1. The Morgan fingerprint density at radius 2 is 1.92 bits per heavy atom. The fraction of sp³-hybridized carbons (Fsp3) is 0.179. The summed E-state index contributed by atoms with van der Waals surface area (Å²) in [5.74, 6) is 9.49. The molecule has 3 aromatic heterocycles. The number of carbonyl (C=O) groups is 3. The number of hydrazine groups is 1. The number of piperidine rings is 1. The zero-order valence-electron chi connectivity index (χ0n) is 20.2. The molecule has 0 saturated carbocycles. The molecule has 1 atom stereocenters. The maximum absolute atomic E-state index is 12.7. The lowest BCUT2D eigenvalue weighted by molar-refractivity contribution is -0.143. The van der Waals surface area contributed by atoms with Gasteiger partial charge in [0.1, 0.15) is 0 Å². The third-order valence-electron chi connectivity index (χ3n) is 6.37. The van der Waals surface area contributed by atoms with Crippen LogP contribution in [0.2, 0.25) is 0 Å². The maximum atomic E-state index is 12.7. The molecule has 1 aliphatic rings. The third-order valence-corrected chi connectivity index (χ3v) is 6.37. The molecule has 5 rings (SSSR count). The topological polar surface area (TPSA) is 152 Å². The van der Waals surface area contributed by atoms with Gasteiger partial charge in [-0.1, -0.05) is 18.1 Å². The van der Waals surface area contributed by atoms with Gasteiger partial charge in [-0.2, -0.15) is 0 Å². The molecule has 4 heterocycles. The molecule has 1 unspecified atom stereocenters. The Morgan fingerprint density at radius 3 is 2.68 bits per heavy atom. The van der Waals surface area contributed by atoms with Crippen LogP contribution in [0.3, 0.4) is 0 Å². The summed E-state index contributed by atoms with van der Waals surface area (Å²) in [7, 11) is 0. The zero-order chi connectivity index (χ0) is 26.6. The van der Waals surface area contributed by atoms with Gasteiger partial charge in [-0.15, -0.1) is 0 Å². The van der Waals surface area contributed by atoms with Crippen LogP contribution in [0.25, 0.3) is 22.2 Å². The highest BCUT2D eigenvalue weighted by Gasteiger charge is 2.29. The number of rotatable bonds is 4. The molecule has 1 aromatic carbocycles. The highest BCUT2D eigenvalue weighted by Crippen LogP contribution is 2.25. The standard InChI is InChI=1S/C28H23N5O5/c29-32-26(34)21-14-24(31-23-11-12-30-15-22(21)23)18-6-3-17(4-7-18)5-8-20-9-10-25(38-20)27(35)33-13-1-2-19(16-33)28(36)37/h3-4,6-7,9-12,14-15,19H,1-2,13,16,29H2,(H,32,34)(H,36,37). The van der Waals surface area contributed by atoms with Gasteiger partial charge in [0, 0.05) is 42.0 Å². The van der Waals surface area contributed by atoms with E-state index in [0.29, 0.717) is 52.9 Å². The Bertz CT molecular complexity index is 1600. The lowest BCUT2D eigenvalue weighted by Crippen LogP contribution is -2.42. The number of amides is 2. The molecule has 4 aromatic rings. The average molecular weight is 510 g/mol. The van der Waals surface area contributed by atoms with Gasteiger partial charge in [-0.05, 0) is 55.2 Å². The quantitative estimate of drug-likeness (QED) is 0.164. The number of carboxylic acids is 1. The number of nitrogens with zero attached hydrogens (tertiary/aromatic N) is 3. The number of furan rings is 1. The van der Waals surface area contributed by atoms with Crippen molar-refractivity contribution in [2.75, 3.05) is 13.1 Å². The van der Waals surface area contributed by atoms with Gasteiger partial charge in [-0.25, -0.2) is 10.8 Å². The predicted octanol–water partition coefficient (Wildman–Crippen LogP) is 2.83. The van der Waals surface area contributed by atoms with E-state index in [1.54, 1.807) is 36.7 Å². The first-order valence-corrected chi connectivity index (χ1v) is 11.9. The van der Waals surface area contributed by atoms with Gasteiger partial charge >= 0.3 is 5.97 Å². The summed E-state index contributed by atoms with van der Waals surface area (Å²) in [5, 5.41) is 9.85. The molecular weight excluding hydrogens is 486 g/mol. The van der Waals surface area contributed by atoms with Crippen molar-refractivity contribution >= 4 is 28.7 Å². The van der Waals surface area contributed by atoms with Crippen LogP contribution < -0.4 is 11.3 Å². The summed E-state index contributed by atoms with van der Waals surface area (Å²) >= 11 is 0. The first-order chi connectivity index (χ1) is 18.4. The second-order valence-corrected chi connectivity index (χ2v) is 8.84. The number of hydrogen-bond acceptors (Lipinski definition) is 7. The summed E-state index contributed by atoms with van der Waals surface area (Å²) in [6.45, 7) is 0.668. The minimum Gasteiger partial charge on any atom is -0.481 e. The highest BCUT2D eigenvalue weighted by molar-refractivity contribution is 6.06. The third kappa shape index (κ3) is 5.09. The van der Waals surface area contributed by atoms with E-state index in [9.17, 15) is 19.5 Å². The molecule has 1 aliphatic heterocycles. The van der Waals surface area contributed by atoms with Crippen molar-refractivity contribution in [3.05, 3.63) is 83.6 Å². The monoisotopic (exact) mass is 509 g/mol. The number of hydrogen-bond donors (Lipinski definition) is 3. The minimum atomic E-state index is -0.894. The molecule has 2 amide bonds. The molecule has 10 nitrogen and oxygen atoms in total. The minimum absolute atomic E-state index is 0.130. The van der Waals surface area contributed by atoms with Gasteiger partial charge in [0.2, 0.25) is 0 Å². The molecule has 1 fully saturated rings. The number of nitrogens with one attached hydrogen (secondary N) is 1. The number of carboxylic acid groups (broad SMARTS) is 1. The van der Waals surface area contributed by atoms with Crippen LogP contribution in [-0.4, -0.2) is 50.8 Å². The second-order valence-electron chi connectivity index (χ2n) is 8.84. The van der Waals surface area contributed by atoms with Crippen LogP contribution in [0.4, 0.5) is 0 Å². The van der Waals surface area contributed by atoms with Crippen molar-refractivity contribution in [2.45, 2.75) is 12.8 Å². The van der Waals surface area contributed by atoms with E-state index >= 15 is 0 Å². The molecule has 1 saturated heterocycles. The van der Waals surface area contributed by atoms with Gasteiger partial charge in [-0.3, -0.25) is 24.8 Å². The fourth-order valence-electron chi connectivity index (χ4n) is 4.38. The van der Waals surface area contributed by atoms with Crippen molar-refractivity contribution in [2.24, 2.45) is 11.8 Å². The van der Waals surface area contributed by atoms with Crippen molar-refractivity contribution < 1.29 is 23.9 Å². The number of likely N-dealkylation sites (tertiary alicyclic amines) is 1. The van der Waals surface area contributed by atoms with Crippen LogP contribution in [0.1, 0.15) is 45.1 Å². The van der Waals surface area contributed by atoms with Crippen molar-refractivity contribution in [1.29, 1.82) is 0 Å². The summed E-state index contributed by atoms with van der Waals surface area (Å²) in [4.78, 5) is 46.5. The molecular formula is C28H23N5O5. The van der Waals surface area contributed by atoms with Crippen molar-refractivity contribution in [1.82, 2.24) is 20.3 Å². The van der Waals surface area contributed by atoms with Crippen molar-refractivity contribution in [3.63, 3.8) is 0 Å². The fourth-order valence-corrected chi connectivity index (χ4v) is 4.38. The summed E-state index contributed by atoms with van der Waals surface area (Å²) in [6.07, 6.45) is 4.38. The molecule has 38 heavy (non-hydrogen) atoms.